The van der Waals surface area contributed by atoms with Crippen LogP contribution in [0.3, 0.4) is 0 Å². The maximum Gasteiger partial charge on any atom is 0.227 e. The molecule has 0 saturated carbocycles. The lowest BCUT2D eigenvalue weighted by atomic mass is 10.1. The summed E-state index contributed by atoms with van der Waals surface area (Å²) < 4.78 is 0. The Hall–Kier alpha value is -1.06. The summed E-state index contributed by atoms with van der Waals surface area (Å²) in [6.07, 6.45) is 0.693. The van der Waals surface area contributed by atoms with Crippen molar-refractivity contribution in [1.82, 2.24) is 0 Å². The van der Waals surface area contributed by atoms with Crippen molar-refractivity contribution in [2.45, 2.75) is 20.3 Å². The third-order valence-electron chi connectivity index (χ3n) is 2.49. The Morgan fingerprint density at radius 1 is 1.56 bits per heavy atom. The highest BCUT2D eigenvalue weighted by atomic mass is 35.5. The summed E-state index contributed by atoms with van der Waals surface area (Å²) in [4.78, 5) is 11.7. The number of amides is 1. The Morgan fingerprint density at radius 2 is 2.25 bits per heavy atom. The van der Waals surface area contributed by atoms with Crippen molar-refractivity contribution in [3.63, 3.8) is 0 Å². The zero-order chi connectivity index (χ0) is 12.1. The number of nitrogens with two attached hydrogens (primary N) is 1. The molecule has 1 amide bonds. The number of hydrogen-bond acceptors (Lipinski definition) is 2. The highest BCUT2D eigenvalue weighted by Crippen LogP contribution is 2.20. The van der Waals surface area contributed by atoms with Gasteiger partial charge in [0.05, 0.1) is 0 Å². The van der Waals surface area contributed by atoms with E-state index in [0.717, 1.165) is 11.3 Å². The van der Waals surface area contributed by atoms with Gasteiger partial charge < -0.3 is 11.1 Å². The zero-order valence-corrected chi connectivity index (χ0v) is 10.3. The highest BCUT2D eigenvalue weighted by molar-refractivity contribution is 6.30. The number of rotatable bonds is 4. The van der Waals surface area contributed by atoms with E-state index in [1.807, 2.05) is 26.0 Å². The van der Waals surface area contributed by atoms with E-state index < -0.39 is 0 Å². The molecule has 0 aromatic heterocycles. The Balaban J connectivity index is 2.69. The minimum Gasteiger partial charge on any atom is -0.330 e. The van der Waals surface area contributed by atoms with E-state index in [9.17, 15) is 4.79 Å². The van der Waals surface area contributed by atoms with Gasteiger partial charge in [-0.3, -0.25) is 4.79 Å². The van der Waals surface area contributed by atoms with Crippen molar-refractivity contribution < 1.29 is 4.79 Å². The van der Waals surface area contributed by atoms with E-state index in [4.69, 9.17) is 17.3 Å². The summed E-state index contributed by atoms with van der Waals surface area (Å²) >= 11 is 5.84. The summed E-state index contributed by atoms with van der Waals surface area (Å²) in [5.41, 5.74) is 7.18. The van der Waals surface area contributed by atoms with Gasteiger partial charge in [-0.05, 0) is 43.7 Å². The number of carbonyl (C=O) groups is 1. The van der Waals surface area contributed by atoms with Gasteiger partial charge >= 0.3 is 0 Å². The summed E-state index contributed by atoms with van der Waals surface area (Å²) in [5.74, 6) is -0.0732. The molecular formula is C12H17ClN2O. The van der Waals surface area contributed by atoms with Gasteiger partial charge in [0, 0.05) is 16.6 Å². The second-order valence-electron chi connectivity index (χ2n) is 3.93. The lowest BCUT2D eigenvalue weighted by Crippen LogP contribution is -2.23. The molecule has 4 heteroatoms. The third kappa shape index (κ3) is 3.51. The van der Waals surface area contributed by atoms with Gasteiger partial charge in [0.2, 0.25) is 5.91 Å². The molecule has 88 valence electrons. The molecule has 0 heterocycles. The maximum absolute atomic E-state index is 11.7. The monoisotopic (exact) mass is 240 g/mol. The second kappa shape index (κ2) is 5.87. The average Bonchev–Trinajstić information content (AvgIpc) is 2.22. The van der Waals surface area contributed by atoms with E-state index in [1.165, 1.54) is 0 Å². The molecule has 0 bridgehead atoms. The number of aryl methyl sites for hydroxylation is 1. The van der Waals surface area contributed by atoms with E-state index >= 15 is 0 Å². The van der Waals surface area contributed by atoms with Gasteiger partial charge in [-0.15, -0.1) is 0 Å². The average molecular weight is 241 g/mol. The first kappa shape index (κ1) is 13.0. The molecule has 0 fully saturated rings. The predicted octanol–water partition coefficient (Wildman–Crippen LogP) is 2.57. The molecule has 0 spiro atoms. The number of halogens is 1. The van der Waals surface area contributed by atoms with E-state index in [1.54, 1.807) is 6.07 Å². The van der Waals surface area contributed by atoms with Gasteiger partial charge in [-0.25, -0.2) is 0 Å². The number of benzene rings is 1. The van der Waals surface area contributed by atoms with Gasteiger partial charge in [0.1, 0.15) is 0 Å². The van der Waals surface area contributed by atoms with Crippen LogP contribution in [0.4, 0.5) is 5.69 Å². The molecule has 0 saturated heterocycles. The minimum absolute atomic E-state index is 0.00382. The summed E-state index contributed by atoms with van der Waals surface area (Å²) in [7, 11) is 0. The van der Waals surface area contributed by atoms with Crippen molar-refractivity contribution in [3.05, 3.63) is 28.8 Å². The molecule has 3 nitrogen and oxygen atoms in total. The third-order valence-corrected chi connectivity index (χ3v) is 2.73. The largest absolute Gasteiger partial charge is 0.330 e. The Bertz CT molecular complexity index is 379. The number of nitrogens with one attached hydrogen (secondary N) is 1. The fourth-order valence-electron chi connectivity index (χ4n) is 1.40. The second-order valence-corrected chi connectivity index (χ2v) is 4.36. The van der Waals surface area contributed by atoms with Crippen LogP contribution >= 0.6 is 11.6 Å². The summed E-state index contributed by atoms with van der Waals surface area (Å²) in [6.45, 7) is 4.30. The number of hydrogen-bond donors (Lipinski definition) is 2. The molecule has 1 atom stereocenters. The van der Waals surface area contributed by atoms with Crippen molar-refractivity contribution in [3.8, 4) is 0 Å². The Morgan fingerprint density at radius 3 is 2.81 bits per heavy atom. The van der Waals surface area contributed by atoms with Crippen LogP contribution in [0.15, 0.2) is 18.2 Å². The smallest absolute Gasteiger partial charge is 0.227 e. The van der Waals surface area contributed by atoms with E-state index in [2.05, 4.69) is 5.32 Å². The van der Waals surface area contributed by atoms with Gasteiger partial charge in [-0.2, -0.15) is 0 Å². The van der Waals surface area contributed by atoms with Crippen molar-refractivity contribution in [1.29, 1.82) is 0 Å². The lowest BCUT2D eigenvalue weighted by Gasteiger charge is -2.12. The molecule has 16 heavy (non-hydrogen) atoms. The first-order chi connectivity index (χ1) is 7.54. The molecular weight excluding hydrogens is 224 g/mol. The van der Waals surface area contributed by atoms with E-state index in [-0.39, 0.29) is 11.8 Å². The van der Waals surface area contributed by atoms with Crippen LogP contribution in [0.25, 0.3) is 0 Å². The lowest BCUT2D eigenvalue weighted by molar-refractivity contribution is -0.119. The fourth-order valence-corrected chi connectivity index (χ4v) is 1.63. The van der Waals surface area contributed by atoms with Crippen LogP contribution in [0, 0.1) is 12.8 Å². The molecule has 0 aliphatic heterocycles. The quantitative estimate of drug-likeness (QED) is 0.850. The molecule has 0 aliphatic rings. The van der Waals surface area contributed by atoms with Crippen LogP contribution in [-0.4, -0.2) is 12.5 Å². The molecule has 1 aromatic carbocycles. The minimum atomic E-state index is -0.0694. The molecule has 0 radical (unpaired) electrons. The molecule has 1 aromatic rings. The molecule has 3 N–H and O–H groups in total. The number of anilines is 1. The Kier molecular flexibility index (Phi) is 4.77. The fraction of sp³-hybridized carbons (Fsp3) is 0.417. The molecule has 1 unspecified atom stereocenters. The normalized spacial score (nSPS) is 12.2. The van der Waals surface area contributed by atoms with Crippen molar-refractivity contribution in [2.75, 3.05) is 11.9 Å². The van der Waals surface area contributed by atoms with Gasteiger partial charge in [-0.1, -0.05) is 18.5 Å². The van der Waals surface area contributed by atoms with Crippen molar-refractivity contribution in [2.24, 2.45) is 11.7 Å². The van der Waals surface area contributed by atoms with Crippen molar-refractivity contribution >= 4 is 23.2 Å². The number of carbonyl (C=O) groups excluding carboxylic acids is 1. The van der Waals surface area contributed by atoms with Crippen LogP contribution in [0.2, 0.25) is 5.02 Å². The summed E-state index contributed by atoms with van der Waals surface area (Å²) in [5, 5.41) is 3.54. The van der Waals surface area contributed by atoms with Crippen LogP contribution < -0.4 is 11.1 Å². The maximum atomic E-state index is 11.7. The predicted molar refractivity (Wildman–Crippen MR) is 67.7 cm³/mol. The Labute approximate surface area is 101 Å². The van der Waals surface area contributed by atoms with Crippen LogP contribution in [0.1, 0.15) is 18.9 Å². The van der Waals surface area contributed by atoms with E-state index in [0.29, 0.717) is 18.0 Å². The molecule has 1 rings (SSSR count). The molecule has 0 aliphatic carbocycles. The summed E-state index contributed by atoms with van der Waals surface area (Å²) in [6, 6.07) is 5.40. The van der Waals surface area contributed by atoms with Crippen LogP contribution in [-0.2, 0) is 4.79 Å². The highest BCUT2D eigenvalue weighted by Gasteiger charge is 2.12. The topological polar surface area (TPSA) is 55.1 Å². The van der Waals surface area contributed by atoms with Gasteiger partial charge in [0.25, 0.3) is 0 Å². The first-order valence-electron chi connectivity index (χ1n) is 5.31. The first-order valence-corrected chi connectivity index (χ1v) is 5.69. The zero-order valence-electron chi connectivity index (χ0n) is 9.59. The standard InChI is InChI=1S/C12H17ClN2O/c1-8(5-6-14)12(16)15-11-4-3-10(13)7-9(11)2/h3-4,7-8H,5-6,14H2,1-2H3,(H,15,16). The van der Waals surface area contributed by atoms with Crippen LogP contribution in [0.5, 0.6) is 0 Å². The van der Waals surface area contributed by atoms with Gasteiger partial charge in [0.15, 0.2) is 0 Å². The SMILES string of the molecule is Cc1cc(Cl)ccc1NC(=O)C(C)CCN.